The van der Waals surface area contributed by atoms with E-state index in [9.17, 15) is 0 Å². The molecule has 3 nitrogen and oxygen atoms in total. The van der Waals surface area contributed by atoms with Crippen molar-refractivity contribution in [2.75, 3.05) is 6.54 Å². The third-order valence-electron chi connectivity index (χ3n) is 8.65. The zero-order valence-electron chi connectivity index (χ0n) is 22.4. The van der Waals surface area contributed by atoms with Gasteiger partial charge in [0.2, 0.25) is 0 Å². The van der Waals surface area contributed by atoms with Crippen molar-refractivity contribution in [1.82, 2.24) is 5.32 Å². The Bertz CT molecular complexity index is 797. The van der Waals surface area contributed by atoms with Gasteiger partial charge in [-0.15, -0.1) is 0 Å². The lowest BCUT2D eigenvalue weighted by molar-refractivity contribution is 0.0138. The molecule has 1 aliphatic heterocycles. The van der Waals surface area contributed by atoms with Crippen molar-refractivity contribution in [3.8, 4) is 0 Å². The monoisotopic (exact) mass is 497 g/mol. The third kappa shape index (κ3) is 5.29. The van der Waals surface area contributed by atoms with E-state index >= 15 is 0 Å². The van der Waals surface area contributed by atoms with Crippen LogP contribution in [-0.4, -0.2) is 35.3 Å². The summed E-state index contributed by atoms with van der Waals surface area (Å²) in [4.78, 5) is 0. The van der Waals surface area contributed by atoms with Crippen LogP contribution in [0.2, 0.25) is 36.3 Å². The van der Waals surface area contributed by atoms with Gasteiger partial charge in [-0.1, -0.05) is 102 Å². The number of benzene rings is 2. The van der Waals surface area contributed by atoms with E-state index in [1.165, 1.54) is 29.3 Å². The van der Waals surface area contributed by atoms with Crippen molar-refractivity contribution in [2.24, 2.45) is 0 Å². The van der Waals surface area contributed by atoms with E-state index in [0.29, 0.717) is 0 Å². The fraction of sp³-hybridized carbons (Fsp3) is 0.586. The molecule has 2 aromatic carbocycles. The smallest absolute Gasteiger partial charge is 0.193 e. The molecule has 5 heteroatoms. The second-order valence-corrected chi connectivity index (χ2v) is 19.3. The second-order valence-electron chi connectivity index (χ2n) is 9.93. The Balaban J connectivity index is 2.23. The molecule has 1 heterocycles. The fourth-order valence-corrected chi connectivity index (χ4v) is 11.8. The summed E-state index contributed by atoms with van der Waals surface area (Å²) in [6, 6.07) is 28.9. The Labute approximate surface area is 210 Å². The van der Waals surface area contributed by atoms with Crippen LogP contribution in [0.3, 0.4) is 0 Å². The molecule has 0 radical (unpaired) electrons. The molecule has 2 aromatic rings. The summed E-state index contributed by atoms with van der Waals surface area (Å²) < 4.78 is 14.9. The highest BCUT2D eigenvalue weighted by Crippen LogP contribution is 2.46. The maximum atomic E-state index is 7.69. The van der Waals surface area contributed by atoms with Gasteiger partial charge in [0.05, 0.1) is 12.1 Å². The van der Waals surface area contributed by atoms with Gasteiger partial charge in [0.15, 0.2) is 16.6 Å². The summed E-state index contributed by atoms with van der Waals surface area (Å²) in [5, 5.41) is 3.93. The molecule has 2 atom stereocenters. The molecule has 3 rings (SSSR count). The highest BCUT2D eigenvalue weighted by Gasteiger charge is 2.54. The largest absolute Gasteiger partial charge is 0.412 e. The predicted octanol–water partition coefficient (Wildman–Crippen LogP) is 7.70. The molecule has 0 amide bonds. The fourth-order valence-electron chi connectivity index (χ4n) is 5.92. The molecule has 0 aliphatic carbocycles. The Morgan fingerprint density at radius 2 is 1.15 bits per heavy atom. The zero-order valence-corrected chi connectivity index (χ0v) is 24.4. The highest BCUT2D eigenvalue weighted by atomic mass is 28.4. The summed E-state index contributed by atoms with van der Waals surface area (Å²) in [5.41, 5.74) is 1.93. The number of hydrogen-bond acceptors (Lipinski definition) is 3. The van der Waals surface area contributed by atoms with Crippen molar-refractivity contribution in [3.05, 3.63) is 71.8 Å². The van der Waals surface area contributed by atoms with E-state index in [1.807, 2.05) is 0 Å². The molecule has 0 bridgehead atoms. The average molecular weight is 498 g/mol. The van der Waals surface area contributed by atoms with Gasteiger partial charge < -0.3 is 14.2 Å². The highest BCUT2D eigenvalue weighted by molar-refractivity contribution is 6.74. The molecule has 0 saturated carbocycles. The quantitative estimate of drug-likeness (QED) is 0.288. The molecule has 0 unspecified atom stereocenters. The Kier molecular flexibility index (Phi) is 9.76. The minimum absolute atomic E-state index is 0.0883. The molecule has 1 aliphatic rings. The molecular formula is C29H47NO2Si2. The predicted molar refractivity (Wildman–Crippen MR) is 150 cm³/mol. The number of nitrogens with one attached hydrogen (secondary N) is 1. The molecule has 1 fully saturated rings. The van der Waals surface area contributed by atoms with Crippen LogP contribution in [0.25, 0.3) is 0 Å². The van der Waals surface area contributed by atoms with E-state index in [-0.39, 0.29) is 12.1 Å². The molecule has 0 aromatic heterocycles. The van der Waals surface area contributed by atoms with Gasteiger partial charge >= 0.3 is 0 Å². The number of rotatable bonds is 13. The SMILES string of the molecule is CC[Si](CC)(CC)O[C@@H]1CCN[C@@H]1C(O[Si](CC)(CC)CC)(c1ccccc1)c1ccccc1. The normalized spacial score (nSPS) is 19.5. The first-order valence-corrected chi connectivity index (χ1v) is 18.8. The molecule has 0 spiro atoms. The van der Waals surface area contributed by atoms with Gasteiger partial charge in [-0.2, -0.15) is 0 Å². The van der Waals surface area contributed by atoms with E-state index < -0.39 is 22.2 Å². The number of hydrogen-bond donors (Lipinski definition) is 1. The second kappa shape index (κ2) is 12.1. The Morgan fingerprint density at radius 3 is 1.56 bits per heavy atom. The van der Waals surface area contributed by atoms with Crippen molar-refractivity contribution < 1.29 is 8.85 Å². The van der Waals surface area contributed by atoms with Crippen LogP contribution in [0.5, 0.6) is 0 Å². The van der Waals surface area contributed by atoms with Crippen molar-refractivity contribution in [1.29, 1.82) is 0 Å². The van der Waals surface area contributed by atoms with Gasteiger partial charge in [-0.25, -0.2) is 0 Å². The molecule has 1 N–H and O–H groups in total. The van der Waals surface area contributed by atoms with Crippen molar-refractivity contribution in [3.63, 3.8) is 0 Å². The van der Waals surface area contributed by atoms with E-state index in [4.69, 9.17) is 8.85 Å². The van der Waals surface area contributed by atoms with Gasteiger partial charge in [-0.3, -0.25) is 0 Å². The molecular weight excluding hydrogens is 450 g/mol. The molecule has 188 valence electrons. The summed E-state index contributed by atoms with van der Waals surface area (Å²) in [5.74, 6) is 0. The van der Waals surface area contributed by atoms with Gasteiger partial charge in [0, 0.05) is 0 Å². The van der Waals surface area contributed by atoms with Crippen LogP contribution in [0.15, 0.2) is 60.7 Å². The van der Waals surface area contributed by atoms with Gasteiger partial charge in [0.1, 0.15) is 5.60 Å². The Morgan fingerprint density at radius 1 is 0.706 bits per heavy atom. The topological polar surface area (TPSA) is 30.5 Å². The Hall–Kier alpha value is -1.25. The van der Waals surface area contributed by atoms with Gasteiger partial charge in [-0.05, 0) is 60.4 Å². The van der Waals surface area contributed by atoms with E-state index in [0.717, 1.165) is 31.1 Å². The summed E-state index contributed by atoms with van der Waals surface area (Å²) in [7, 11) is -3.76. The van der Waals surface area contributed by atoms with Crippen LogP contribution in [-0.2, 0) is 14.5 Å². The summed E-state index contributed by atoms with van der Waals surface area (Å²) in [6.45, 7) is 15.0. The molecule has 34 heavy (non-hydrogen) atoms. The lowest BCUT2D eigenvalue weighted by Gasteiger charge is -2.49. The third-order valence-corrected chi connectivity index (χ3v) is 17.9. The lowest BCUT2D eigenvalue weighted by atomic mass is 9.78. The average Bonchev–Trinajstić information content (AvgIpc) is 3.38. The first-order chi connectivity index (χ1) is 16.5. The van der Waals surface area contributed by atoms with Crippen LogP contribution in [0.1, 0.15) is 59.1 Å². The van der Waals surface area contributed by atoms with Crippen molar-refractivity contribution in [2.45, 2.75) is 102 Å². The zero-order chi connectivity index (χ0) is 24.7. The summed E-state index contributed by atoms with van der Waals surface area (Å²) in [6.07, 6.45) is 1.20. The van der Waals surface area contributed by atoms with Crippen LogP contribution in [0.4, 0.5) is 0 Å². The maximum Gasteiger partial charge on any atom is 0.193 e. The lowest BCUT2D eigenvalue weighted by Crippen LogP contribution is -2.59. The van der Waals surface area contributed by atoms with Gasteiger partial charge in [0.25, 0.3) is 0 Å². The summed E-state index contributed by atoms with van der Waals surface area (Å²) >= 11 is 0. The van der Waals surface area contributed by atoms with Crippen LogP contribution < -0.4 is 5.32 Å². The first kappa shape index (κ1) is 27.3. The van der Waals surface area contributed by atoms with E-state index in [2.05, 4.69) is 108 Å². The van der Waals surface area contributed by atoms with Crippen LogP contribution in [0, 0.1) is 0 Å². The first-order valence-electron chi connectivity index (χ1n) is 13.7. The minimum atomic E-state index is -1.98. The maximum absolute atomic E-state index is 7.69. The minimum Gasteiger partial charge on any atom is -0.412 e. The van der Waals surface area contributed by atoms with Crippen molar-refractivity contribution >= 4 is 16.6 Å². The standard InChI is InChI=1S/C29H47NO2Si2/c1-7-33(8-2,9-3)31-27-23-24-30-28(27)29(25-19-15-13-16-20-25,26-21-17-14-18-22-26)32-34(10-4,11-5)12-6/h13-22,27-28,30H,7-12,23-24H2,1-6H3/t27-,28+/m1/s1. The van der Waals surface area contributed by atoms with Crippen LogP contribution >= 0.6 is 0 Å². The van der Waals surface area contributed by atoms with E-state index in [1.54, 1.807) is 0 Å². The molecule has 1 saturated heterocycles.